The average molecular weight is 672 g/mol. The zero-order valence-corrected chi connectivity index (χ0v) is 27.3. The van der Waals surface area contributed by atoms with Crippen molar-refractivity contribution in [3.8, 4) is 0 Å². The quantitative estimate of drug-likeness (QED) is 0.0374. The van der Waals surface area contributed by atoms with Crippen LogP contribution in [0.15, 0.2) is 29.2 Å². The molecule has 0 spiro atoms. The van der Waals surface area contributed by atoms with Crippen LogP contribution in [0.4, 0.5) is 0 Å². The maximum absolute atomic E-state index is 12.0. The van der Waals surface area contributed by atoms with Crippen LogP contribution < -0.4 is 21.9 Å². The molecule has 17 heteroatoms. The molecule has 0 fully saturated rings. The van der Waals surface area contributed by atoms with Crippen molar-refractivity contribution in [1.82, 2.24) is 30.6 Å². The molecule has 0 aliphatic rings. The van der Waals surface area contributed by atoms with Crippen molar-refractivity contribution in [2.24, 2.45) is 5.73 Å². The highest BCUT2D eigenvalue weighted by molar-refractivity contribution is 5.83. The Kier molecular flexibility index (Phi) is 24.7. The van der Waals surface area contributed by atoms with Crippen LogP contribution in [0.25, 0.3) is 0 Å². The van der Waals surface area contributed by atoms with Crippen LogP contribution in [0, 0.1) is 0 Å². The molecule has 0 unspecified atom stereocenters. The minimum Gasteiger partial charge on any atom is -0.425 e. The number of unbranched alkanes of at least 4 members (excludes halogenated alkanes) is 6. The molecule has 17 nitrogen and oxygen atoms in total. The van der Waals surface area contributed by atoms with Gasteiger partial charge >= 0.3 is 0 Å². The van der Waals surface area contributed by atoms with Crippen molar-refractivity contribution < 1.29 is 44.8 Å². The number of nitrogens with zero attached hydrogens (tertiary/aromatic N) is 4. The van der Waals surface area contributed by atoms with Crippen molar-refractivity contribution in [3.05, 3.63) is 34.7 Å². The van der Waals surface area contributed by atoms with Gasteiger partial charge in [0.1, 0.15) is 0 Å². The lowest BCUT2D eigenvalue weighted by Gasteiger charge is -2.15. The Hall–Kier alpha value is -4.06. The number of hydroxylamine groups is 6. The fourth-order valence-electron chi connectivity index (χ4n) is 3.87. The Morgan fingerprint density at radius 1 is 0.681 bits per heavy atom. The van der Waals surface area contributed by atoms with Crippen LogP contribution in [-0.4, -0.2) is 110 Å². The summed E-state index contributed by atoms with van der Waals surface area (Å²) >= 11 is 0. The van der Waals surface area contributed by atoms with E-state index in [0.29, 0.717) is 78.1 Å². The molecule has 0 aromatic carbocycles. The number of pyridine rings is 1. The minimum atomic E-state index is -0.548. The summed E-state index contributed by atoms with van der Waals surface area (Å²) < 4.78 is 0.528. The number of carbonyl (C=O) groups excluding carboxylic acids is 5. The van der Waals surface area contributed by atoms with Crippen molar-refractivity contribution in [2.45, 2.75) is 90.4 Å². The summed E-state index contributed by atoms with van der Waals surface area (Å²) in [5.41, 5.74) is 4.98. The van der Waals surface area contributed by atoms with E-state index < -0.39 is 23.3 Å². The number of nitrogens with two attached hydrogens (primary N) is 1. The summed E-state index contributed by atoms with van der Waals surface area (Å²) in [6.07, 6.45) is 7.12. The molecule has 5 amide bonds. The largest absolute Gasteiger partial charge is 0.425 e. The van der Waals surface area contributed by atoms with Crippen molar-refractivity contribution in [2.75, 3.05) is 39.3 Å². The highest BCUT2D eigenvalue weighted by Gasteiger charge is 2.14. The topological polar surface area (TPSA) is 248 Å². The van der Waals surface area contributed by atoms with E-state index >= 15 is 0 Å². The second kappa shape index (κ2) is 27.1. The summed E-state index contributed by atoms with van der Waals surface area (Å²) in [6, 6.07) is 4.41. The number of hydrogen-bond donors (Lipinski definition) is 7. The molecule has 0 atom stereocenters. The molecular weight excluding hydrogens is 618 g/mol. The number of amides is 5. The summed E-state index contributed by atoms with van der Waals surface area (Å²) in [4.78, 5) is 68.7. The molecule has 47 heavy (non-hydrogen) atoms. The Morgan fingerprint density at radius 3 is 1.51 bits per heavy atom. The van der Waals surface area contributed by atoms with Crippen LogP contribution >= 0.6 is 0 Å². The number of hydrogen-bond acceptors (Lipinski definition) is 11. The second-order valence-corrected chi connectivity index (χ2v) is 10.7. The third kappa shape index (κ3) is 23.9. The number of rotatable bonds is 23. The lowest BCUT2D eigenvalue weighted by molar-refractivity contribution is -0.166. The van der Waals surface area contributed by atoms with Crippen LogP contribution in [0.1, 0.15) is 90.4 Å². The Balaban J connectivity index is 0.00000228. The second-order valence-electron chi connectivity index (χ2n) is 10.7. The van der Waals surface area contributed by atoms with E-state index in [1.807, 2.05) is 0 Å². The Bertz CT molecular complexity index is 1120. The Labute approximate surface area is 275 Å². The first kappa shape index (κ1) is 42.9. The van der Waals surface area contributed by atoms with Gasteiger partial charge in [0, 0.05) is 77.6 Å². The van der Waals surface area contributed by atoms with Crippen molar-refractivity contribution in [3.63, 3.8) is 0 Å². The fraction of sp³-hybridized carbons (Fsp3) is 0.667. The zero-order chi connectivity index (χ0) is 35.5. The van der Waals surface area contributed by atoms with Crippen LogP contribution in [-0.2, 0) is 24.0 Å². The van der Waals surface area contributed by atoms with E-state index in [2.05, 4.69) is 10.6 Å². The van der Waals surface area contributed by atoms with Gasteiger partial charge in [0.15, 0.2) is 0 Å². The van der Waals surface area contributed by atoms with E-state index in [-0.39, 0.29) is 57.1 Å². The van der Waals surface area contributed by atoms with E-state index in [1.165, 1.54) is 19.2 Å². The maximum atomic E-state index is 12.0. The minimum absolute atomic E-state index is 0.0191. The summed E-state index contributed by atoms with van der Waals surface area (Å²) in [5, 5.41) is 44.6. The van der Waals surface area contributed by atoms with Crippen LogP contribution in [0.2, 0.25) is 0 Å². The van der Waals surface area contributed by atoms with Gasteiger partial charge in [-0.1, -0.05) is 12.5 Å². The highest BCUT2D eigenvalue weighted by Crippen LogP contribution is 2.03. The van der Waals surface area contributed by atoms with E-state index in [1.54, 1.807) is 12.1 Å². The molecule has 8 N–H and O–H groups in total. The van der Waals surface area contributed by atoms with E-state index in [9.17, 15) is 44.4 Å². The summed E-state index contributed by atoms with van der Waals surface area (Å²) in [5.74, 6) is -2.05. The van der Waals surface area contributed by atoms with Crippen molar-refractivity contribution >= 4 is 29.5 Å². The van der Waals surface area contributed by atoms with Gasteiger partial charge in [-0.3, -0.25) is 44.4 Å². The highest BCUT2D eigenvalue weighted by atomic mass is 16.5. The van der Waals surface area contributed by atoms with Gasteiger partial charge in [-0.25, -0.2) is 15.2 Å². The van der Waals surface area contributed by atoms with Gasteiger partial charge in [-0.15, -0.1) is 0 Å². The molecule has 0 aliphatic heterocycles. The van der Waals surface area contributed by atoms with E-state index in [4.69, 9.17) is 10.9 Å². The average Bonchev–Trinajstić information content (AvgIpc) is 3.05. The van der Waals surface area contributed by atoms with Gasteiger partial charge in [0.25, 0.3) is 5.56 Å². The molecule has 0 aliphatic carbocycles. The number of nitrogens with one attached hydrogen (secondary N) is 2. The maximum Gasteiger partial charge on any atom is 0.282 e. The summed E-state index contributed by atoms with van der Waals surface area (Å²) in [7, 11) is 0. The number of carbonyl (C=O) groups is 5. The van der Waals surface area contributed by atoms with Gasteiger partial charge in [0.2, 0.25) is 29.5 Å². The first-order valence-corrected chi connectivity index (χ1v) is 15.9. The van der Waals surface area contributed by atoms with E-state index in [0.717, 1.165) is 19.3 Å². The third-order valence-corrected chi connectivity index (χ3v) is 6.69. The van der Waals surface area contributed by atoms with Gasteiger partial charge < -0.3 is 21.6 Å². The van der Waals surface area contributed by atoms with Gasteiger partial charge in [-0.05, 0) is 64.0 Å². The van der Waals surface area contributed by atoms with Gasteiger partial charge in [-0.2, -0.15) is 4.73 Å². The SMILES string of the molecule is CC(=O)N(O)CCCCCNC(=O)CCC(=O)N(O)CCCCCNC(=O)CCC(=O)N(O)CCCCCN.O=c1ccccn1O. The molecule has 0 saturated carbocycles. The molecule has 0 saturated heterocycles. The molecular formula is C30H53N7O10. The smallest absolute Gasteiger partial charge is 0.282 e. The van der Waals surface area contributed by atoms with Gasteiger partial charge in [0.05, 0.1) is 0 Å². The molecule has 1 rings (SSSR count). The fourth-order valence-corrected chi connectivity index (χ4v) is 3.87. The number of aromatic nitrogens is 1. The molecule has 1 aromatic rings. The molecule has 0 radical (unpaired) electrons. The standard InChI is InChI=1S/C25H48N6O8.C5H5NO2/c1-21(32)29(37)18-9-3-6-16-27-22(33)12-14-25(36)31(39)20-10-4-7-17-28-23(34)11-13-24(35)30(38)19-8-2-5-15-26;7-5-3-1-2-4-6(5)8/h37-39H,2-20,26H2,1H3,(H,27,33)(H,28,34);1-4,8H. The van der Waals surface area contributed by atoms with Crippen LogP contribution in [0.3, 0.4) is 0 Å². The third-order valence-electron chi connectivity index (χ3n) is 6.69. The Morgan fingerprint density at radius 2 is 1.13 bits per heavy atom. The lowest BCUT2D eigenvalue weighted by Crippen LogP contribution is -2.31. The normalized spacial score (nSPS) is 10.3. The zero-order valence-electron chi connectivity index (χ0n) is 27.3. The predicted molar refractivity (Wildman–Crippen MR) is 169 cm³/mol. The monoisotopic (exact) mass is 671 g/mol. The first-order valence-electron chi connectivity index (χ1n) is 15.9. The molecule has 1 aromatic heterocycles. The lowest BCUT2D eigenvalue weighted by atomic mass is 10.2. The van der Waals surface area contributed by atoms with Crippen LogP contribution in [0.5, 0.6) is 0 Å². The molecule has 268 valence electrons. The molecule has 0 bridgehead atoms. The first-order chi connectivity index (χ1) is 22.4. The van der Waals surface area contributed by atoms with Crippen molar-refractivity contribution in [1.29, 1.82) is 0 Å². The molecule has 1 heterocycles. The summed E-state index contributed by atoms with van der Waals surface area (Å²) in [6.45, 7) is 3.22. The predicted octanol–water partition coefficient (Wildman–Crippen LogP) is 1.01.